The zero-order valence-corrected chi connectivity index (χ0v) is 15.4. The van der Waals surface area contributed by atoms with Crippen molar-refractivity contribution in [1.29, 1.82) is 0 Å². The van der Waals surface area contributed by atoms with Gasteiger partial charge in [0, 0.05) is 37.2 Å². The molecule has 1 aromatic carbocycles. The van der Waals surface area contributed by atoms with Crippen LogP contribution in [0.1, 0.15) is 22.8 Å². The lowest BCUT2D eigenvalue weighted by Crippen LogP contribution is -2.33. The Balaban J connectivity index is 1.39. The molecular weight excluding hydrogens is 340 g/mol. The number of carbonyl (C=O) groups excluding carboxylic acids is 1. The first-order valence-electron chi connectivity index (χ1n) is 9.08. The van der Waals surface area contributed by atoms with Crippen LogP contribution < -0.4 is 5.32 Å². The molecule has 0 fully saturated rings. The summed E-state index contributed by atoms with van der Waals surface area (Å²) < 4.78 is 1.90. The molecule has 3 aromatic rings. The highest BCUT2D eigenvalue weighted by Gasteiger charge is 2.30. The fourth-order valence-electron chi connectivity index (χ4n) is 3.41. The fraction of sp³-hybridized carbons (Fsp3) is 0.286. The van der Waals surface area contributed by atoms with E-state index in [2.05, 4.69) is 34.5 Å². The normalized spacial score (nSPS) is 19.0. The maximum absolute atomic E-state index is 12.7. The molecule has 0 saturated carbocycles. The number of aryl methyl sites for hydroxylation is 1. The Morgan fingerprint density at radius 3 is 2.85 bits per heavy atom. The molecule has 3 heterocycles. The molecule has 6 nitrogen and oxygen atoms in total. The molecule has 0 saturated heterocycles. The van der Waals surface area contributed by atoms with Gasteiger partial charge in [0.25, 0.3) is 5.91 Å². The molecule has 1 N–H and O–H groups in total. The Morgan fingerprint density at radius 1 is 1.22 bits per heavy atom. The van der Waals surface area contributed by atoms with E-state index in [9.17, 15) is 4.79 Å². The van der Waals surface area contributed by atoms with Gasteiger partial charge in [-0.25, -0.2) is 4.98 Å². The van der Waals surface area contributed by atoms with Gasteiger partial charge in [-0.05, 0) is 17.7 Å². The summed E-state index contributed by atoms with van der Waals surface area (Å²) >= 11 is 0. The standard InChI is InChI=1S/C21H22N4O2/c1-14-18(24-27-19(14)12-15-6-4-3-5-7-15)13-23-21(26)17-8-10-22-20-16(17)9-11-25(20)2/h3-11,14,19H,12-13H2,1-2H3,(H,23,26). The number of rotatable bonds is 5. The smallest absolute Gasteiger partial charge is 0.252 e. The molecule has 27 heavy (non-hydrogen) atoms. The summed E-state index contributed by atoms with van der Waals surface area (Å²) in [5, 5.41) is 8.03. The van der Waals surface area contributed by atoms with E-state index in [1.165, 1.54) is 5.56 Å². The molecule has 2 atom stereocenters. The van der Waals surface area contributed by atoms with Crippen molar-refractivity contribution in [1.82, 2.24) is 14.9 Å². The Hall–Kier alpha value is -3.15. The minimum Gasteiger partial charge on any atom is -0.391 e. The van der Waals surface area contributed by atoms with E-state index in [1.54, 1.807) is 12.3 Å². The average Bonchev–Trinajstić information content (AvgIpc) is 3.24. The Bertz CT molecular complexity index is 994. The first kappa shape index (κ1) is 17.3. The van der Waals surface area contributed by atoms with E-state index in [0.29, 0.717) is 12.1 Å². The topological polar surface area (TPSA) is 68.5 Å². The number of oxime groups is 1. The van der Waals surface area contributed by atoms with Gasteiger partial charge < -0.3 is 14.7 Å². The SMILES string of the molecule is CC1C(CNC(=O)c2ccnc3c2ccn3C)=NOC1Cc1ccccc1. The van der Waals surface area contributed by atoms with Gasteiger partial charge in [-0.15, -0.1) is 0 Å². The van der Waals surface area contributed by atoms with Crippen molar-refractivity contribution in [2.45, 2.75) is 19.4 Å². The van der Waals surface area contributed by atoms with Crippen LogP contribution in [0.5, 0.6) is 0 Å². The van der Waals surface area contributed by atoms with Crippen molar-refractivity contribution >= 4 is 22.7 Å². The lowest BCUT2D eigenvalue weighted by molar-refractivity contribution is 0.0660. The second kappa shape index (κ2) is 7.23. The van der Waals surface area contributed by atoms with E-state index in [-0.39, 0.29) is 17.9 Å². The minimum absolute atomic E-state index is 0.000979. The number of fused-ring (bicyclic) bond motifs is 1. The van der Waals surface area contributed by atoms with Crippen molar-refractivity contribution in [2.24, 2.45) is 18.1 Å². The molecule has 1 aliphatic heterocycles. The molecule has 0 radical (unpaired) electrons. The van der Waals surface area contributed by atoms with Crippen molar-refractivity contribution in [3.63, 3.8) is 0 Å². The minimum atomic E-state index is -0.130. The number of amides is 1. The van der Waals surface area contributed by atoms with Gasteiger partial charge >= 0.3 is 0 Å². The molecular formula is C21H22N4O2. The summed E-state index contributed by atoms with van der Waals surface area (Å²) in [4.78, 5) is 22.6. The predicted octanol–water partition coefficient (Wildman–Crippen LogP) is 2.94. The van der Waals surface area contributed by atoms with Gasteiger partial charge in [-0.3, -0.25) is 4.79 Å². The molecule has 2 unspecified atom stereocenters. The summed E-state index contributed by atoms with van der Waals surface area (Å²) in [7, 11) is 1.91. The van der Waals surface area contributed by atoms with Crippen LogP contribution in [0, 0.1) is 5.92 Å². The molecule has 138 valence electrons. The van der Waals surface area contributed by atoms with E-state index in [4.69, 9.17) is 4.84 Å². The summed E-state index contributed by atoms with van der Waals surface area (Å²) in [6.07, 6.45) is 4.37. The van der Waals surface area contributed by atoms with Crippen molar-refractivity contribution < 1.29 is 9.63 Å². The maximum atomic E-state index is 12.7. The Kier molecular flexibility index (Phi) is 4.62. The molecule has 2 aromatic heterocycles. The first-order chi connectivity index (χ1) is 13.1. The van der Waals surface area contributed by atoms with Crippen LogP contribution >= 0.6 is 0 Å². The number of hydrogen-bond acceptors (Lipinski definition) is 4. The summed E-state index contributed by atoms with van der Waals surface area (Å²) in [5.41, 5.74) is 3.50. The maximum Gasteiger partial charge on any atom is 0.252 e. The third-order valence-electron chi connectivity index (χ3n) is 5.11. The fourth-order valence-corrected chi connectivity index (χ4v) is 3.41. The lowest BCUT2D eigenvalue weighted by Gasteiger charge is -2.15. The van der Waals surface area contributed by atoms with E-state index in [1.807, 2.05) is 42.1 Å². The molecule has 0 aliphatic carbocycles. The monoisotopic (exact) mass is 362 g/mol. The molecule has 1 amide bonds. The van der Waals surface area contributed by atoms with Gasteiger partial charge in [0.2, 0.25) is 0 Å². The largest absolute Gasteiger partial charge is 0.391 e. The van der Waals surface area contributed by atoms with Gasteiger partial charge in [-0.2, -0.15) is 0 Å². The highest BCUT2D eigenvalue weighted by molar-refractivity contribution is 6.07. The second-order valence-electron chi connectivity index (χ2n) is 6.91. The number of aromatic nitrogens is 2. The first-order valence-corrected chi connectivity index (χ1v) is 9.08. The average molecular weight is 362 g/mol. The number of benzene rings is 1. The Labute approximate surface area is 157 Å². The summed E-state index contributed by atoms with van der Waals surface area (Å²) in [5.74, 6) is 0.0229. The van der Waals surface area contributed by atoms with Crippen LogP contribution in [0.25, 0.3) is 11.0 Å². The van der Waals surface area contributed by atoms with Crippen LogP contribution in [-0.4, -0.2) is 33.8 Å². The van der Waals surface area contributed by atoms with Crippen molar-refractivity contribution in [3.8, 4) is 0 Å². The quantitative estimate of drug-likeness (QED) is 0.759. The highest BCUT2D eigenvalue weighted by Crippen LogP contribution is 2.22. The van der Waals surface area contributed by atoms with Crippen LogP contribution in [0.15, 0.2) is 60.0 Å². The number of nitrogens with one attached hydrogen (secondary N) is 1. The molecule has 1 aliphatic rings. The number of hydrogen-bond donors (Lipinski definition) is 1. The summed E-state index contributed by atoms with van der Waals surface area (Å²) in [6, 6.07) is 13.9. The Morgan fingerprint density at radius 2 is 2.04 bits per heavy atom. The third-order valence-corrected chi connectivity index (χ3v) is 5.11. The van der Waals surface area contributed by atoms with Crippen LogP contribution in [0.2, 0.25) is 0 Å². The van der Waals surface area contributed by atoms with E-state index >= 15 is 0 Å². The number of pyridine rings is 1. The van der Waals surface area contributed by atoms with E-state index in [0.717, 1.165) is 23.2 Å². The molecule has 0 spiro atoms. The zero-order valence-electron chi connectivity index (χ0n) is 15.4. The van der Waals surface area contributed by atoms with E-state index < -0.39 is 0 Å². The molecule has 0 bridgehead atoms. The van der Waals surface area contributed by atoms with Gasteiger partial charge in [-0.1, -0.05) is 42.4 Å². The van der Waals surface area contributed by atoms with Gasteiger partial charge in [0.15, 0.2) is 0 Å². The summed E-state index contributed by atoms with van der Waals surface area (Å²) in [6.45, 7) is 2.47. The lowest BCUT2D eigenvalue weighted by atomic mass is 9.94. The van der Waals surface area contributed by atoms with Crippen molar-refractivity contribution in [3.05, 3.63) is 66.0 Å². The van der Waals surface area contributed by atoms with Crippen LogP contribution in [-0.2, 0) is 18.3 Å². The number of nitrogens with zero attached hydrogens (tertiary/aromatic N) is 3. The highest BCUT2D eigenvalue weighted by atomic mass is 16.6. The third kappa shape index (κ3) is 3.43. The zero-order chi connectivity index (χ0) is 18.8. The van der Waals surface area contributed by atoms with Crippen molar-refractivity contribution in [2.75, 3.05) is 6.54 Å². The van der Waals surface area contributed by atoms with Crippen LogP contribution in [0.3, 0.4) is 0 Å². The molecule has 6 heteroatoms. The predicted molar refractivity (Wildman–Crippen MR) is 105 cm³/mol. The second-order valence-corrected chi connectivity index (χ2v) is 6.91. The number of carbonyl (C=O) groups is 1. The molecule has 4 rings (SSSR count). The van der Waals surface area contributed by atoms with Crippen LogP contribution in [0.4, 0.5) is 0 Å². The van der Waals surface area contributed by atoms with Gasteiger partial charge in [0.1, 0.15) is 11.8 Å². The van der Waals surface area contributed by atoms with Gasteiger partial charge in [0.05, 0.1) is 17.8 Å².